The van der Waals surface area contributed by atoms with E-state index in [1.54, 1.807) is 6.92 Å². The molecule has 1 aromatic heterocycles. The monoisotopic (exact) mass is 695 g/mol. The molecule has 12 nitrogen and oxygen atoms in total. The van der Waals surface area contributed by atoms with Gasteiger partial charge < -0.3 is 39.0 Å². The molecule has 0 amide bonds. The average Bonchev–Trinajstić information content (AvgIpc) is 3.14. The second kappa shape index (κ2) is 20.7. The third-order valence-corrected chi connectivity index (χ3v) is 7.54. The zero-order valence-electron chi connectivity index (χ0n) is 29.6. The van der Waals surface area contributed by atoms with Gasteiger partial charge in [0.05, 0.1) is 24.9 Å². The lowest BCUT2D eigenvalue weighted by molar-refractivity contribution is -0.141. The standard InChI is InChI=1S/C30H35NO8.C8H14O3/c1-5-23(32)17-37-25-11-7-21(8-12-25)30(2,3)22-9-13-26(14-10-22)38-18-24(33)19-39-28(34)20-6-15-27(31-16-20)29(35)36-4;1-4-7(9)5-11-8(10)6(2)3/h6-16,23-24,32-33H,5,17-19H2,1-4H3;7,9H,2,4-5H2,1,3H3. The normalized spacial score (nSPS) is 12.7. The number of esters is 3. The minimum Gasteiger partial charge on any atom is -0.491 e. The molecule has 0 bridgehead atoms. The van der Waals surface area contributed by atoms with E-state index in [4.69, 9.17) is 19.3 Å². The number of pyridine rings is 1. The molecule has 0 aliphatic carbocycles. The molecule has 0 fully saturated rings. The zero-order chi connectivity index (χ0) is 37.3. The molecule has 272 valence electrons. The van der Waals surface area contributed by atoms with Gasteiger partial charge in [0.2, 0.25) is 0 Å². The Kier molecular flexibility index (Phi) is 17.1. The van der Waals surface area contributed by atoms with Gasteiger partial charge in [0.15, 0.2) is 0 Å². The molecular weight excluding hydrogens is 646 g/mol. The lowest BCUT2D eigenvalue weighted by atomic mass is 9.78. The van der Waals surface area contributed by atoms with E-state index in [1.807, 2.05) is 62.4 Å². The van der Waals surface area contributed by atoms with E-state index in [0.29, 0.717) is 29.9 Å². The number of nitrogens with zero attached hydrogens (tertiary/aromatic N) is 1. The molecule has 0 spiro atoms. The predicted octanol–water partition coefficient (Wildman–Crippen LogP) is 4.82. The van der Waals surface area contributed by atoms with Gasteiger partial charge >= 0.3 is 17.9 Å². The summed E-state index contributed by atoms with van der Waals surface area (Å²) in [7, 11) is 1.24. The van der Waals surface area contributed by atoms with E-state index < -0.39 is 36.2 Å². The Morgan fingerprint density at radius 1 is 0.720 bits per heavy atom. The average molecular weight is 696 g/mol. The van der Waals surface area contributed by atoms with Gasteiger partial charge in [-0.1, -0.05) is 58.5 Å². The number of hydrogen-bond acceptors (Lipinski definition) is 12. The molecule has 0 aliphatic rings. The van der Waals surface area contributed by atoms with Gasteiger partial charge in [-0.2, -0.15) is 0 Å². The molecular formula is C38H49NO11. The molecule has 3 atom stereocenters. The molecule has 0 saturated carbocycles. The molecule has 0 aliphatic heterocycles. The molecule has 3 N–H and O–H groups in total. The van der Waals surface area contributed by atoms with Crippen LogP contribution in [0.3, 0.4) is 0 Å². The van der Waals surface area contributed by atoms with E-state index >= 15 is 0 Å². The maximum absolute atomic E-state index is 12.2. The van der Waals surface area contributed by atoms with E-state index in [-0.39, 0.29) is 43.1 Å². The first-order chi connectivity index (χ1) is 23.7. The van der Waals surface area contributed by atoms with E-state index in [1.165, 1.54) is 25.4 Å². The summed E-state index contributed by atoms with van der Waals surface area (Å²) >= 11 is 0. The molecule has 2 aromatic carbocycles. The SMILES string of the molecule is C=C(C)C(=O)OCC(O)CC.CCC(O)COc1ccc(C(C)(C)c2ccc(OCC(O)COC(=O)c3ccc(C(=O)OC)nc3)cc2)cc1. The quantitative estimate of drug-likeness (QED) is 0.100. The fourth-order valence-electron chi connectivity index (χ4n) is 4.06. The molecule has 3 unspecified atom stereocenters. The van der Waals surface area contributed by atoms with Crippen LogP contribution in [0.2, 0.25) is 0 Å². The van der Waals surface area contributed by atoms with Crippen LogP contribution >= 0.6 is 0 Å². The summed E-state index contributed by atoms with van der Waals surface area (Å²) in [4.78, 5) is 38.2. The minimum absolute atomic E-state index is 0.0577. The van der Waals surface area contributed by atoms with Gasteiger partial charge in [-0.15, -0.1) is 0 Å². The Hall–Kier alpha value is -4.78. The molecule has 50 heavy (non-hydrogen) atoms. The third-order valence-electron chi connectivity index (χ3n) is 7.54. The number of rotatable bonds is 17. The summed E-state index contributed by atoms with van der Waals surface area (Å²) in [6.45, 7) is 12.9. The Morgan fingerprint density at radius 3 is 1.64 bits per heavy atom. The summed E-state index contributed by atoms with van der Waals surface area (Å²) in [5, 5.41) is 28.9. The Balaban J connectivity index is 0.000000677. The zero-order valence-corrected chi connectivity index (χ0v) is 29.6. The van der Waals surface area contributed by atoms with Crippen LogP contribution in [0.4, 0.5) is 0 Å². The van der Waals surface area contributed by atoms with E-state index in [0.717, 1.165) is 11.1 Å². The van der Waals surface area contributed by atoms with Crippen LogP contribution < -0.4 is 9.47 Å². The number of hydrogen-bond donors (Lipinski definition) is 3. The van der Waals surface area contributed by atoms with Crippen LogP contribution in [0.25, 0.3) is 0 Å². The van der Waals surface area contributed by atoms with Crippen molar-refractivity contribution in [3.63, 3.8) is 0 Å². The number of methoxy groups -OCH3 is 1. The summed E-state index contributed by atoms with van der Waals surface area (Å²) in [5.41, 5.74) is 2.47. The number of aromatic nitrogens is 1. The van der Waals surface area contributed by atoms with Crippen LogP contribution in [0.15, 0.2) is 79.0 Å². The van der Waals surface area contributed by atoms with Gasteiger partial charge in [-0.25, -0.2) is 19.4 Å². The van der Waals surface area contributed by atoms with Gasteiger partial charge in [0, 0.05) is 17.2 Å². The fraction of sp³-hybridized carbons (Fsp3) is 0.421. The highest BCUT2D eigenvalue weighted by Crippen LogP contribution is 2.33. The van der Waals surface area contributed by atoms with Crippen molar-refractivity contribution in [2.75, 3.05) is 33.5 Å². The highest BCUT2D eigenvalue weighted by atomic mass is 16.6. The van der Waals surface area contributed by atoms with Gasteiger partial charge in [-0.3, -0.25) is 0 Å². The lowest BCUT2D eigenvalue weighted by Crippen LogP contribution is -2.25. The summed E-state index contributed by atoms with van der Waals surface area (Å²) in [6.07, 6.45) is 0.370. The Labute approximate surface area is 293 Å². The third kappa shape index (κ3) is 13.6. The first-order valence-electron chi connectivity index (χ1n) is 16.3. The lowest BCUT2D eigenvalue weighted by Gasteiger charge is -2.26. The summed E-state index contributed by atoms with van der Waals surface area (Å²) in [6, 6.07) is 18.2. The first-order valence-corrected chi connectivity index (χ1v) is 16.3. The van der Waals surface area contributed by atoms with Crippen LogP contribution in [-0.4, -0.2) is 90.1 Å². The molecule has 0 radical (unpaired) electrons. The van der Waals surface area contributed by atoms with Gasteiger partial charge in [-0.05, 0) is 67.3 Å². The molecule has 1 heterocycles. The van der Waals surface area contributed by atoms with Crippen molar-refractivity contribution in [2.24, 2.45) is 0 Å². The number of aliphatic hydroxyl groups excluding tert-OH is 3. The predicted molar refractivity (Wildman–Crippen MR) is 186 cm³/mol. The van der Waals surface area contributed by atoms with Crippen molar-refractivity contribution in [1.82, 2.24) is 4.98 Å². The summed E-state index contributed by atoms with van der Waals surface area (Å²) in [5.74, 6) is -0.452. The smallest absolute Gasteiger partial charge is 0.356 e. The first kappa shape index (κ1) is 41.4. The molecule has 3 aromatic rings. The van der Waals surface area contributed by atoms with Crippen LogP contribution in [0.5, 0.6) is 11.5 Å². The maximum atomic E-state index is 12.2. The minimum atomic E-state index is -1.04. The maximum Gasteiger partial charge on any atom is 0.356 e. The Bertz CT molecular complexity index is 1500. The molecule has 0 saturated heterocycles. The summed E-state index contributed by atoms with van der Waals surface area (Å²) < 4.78 is 25.6. The number of aliphatic hydroxyl groups is 3. The number of ether oxygens (including phenoxy) is 5. The van der Waals surface area contributed by atoms with Crippen LogP contribution in [0, 0.1) is 0 Å². The van der Waals surface area contributed by atoms with Crippen molar-refractivity contribution < 1.29 is 53.4 Å². The van der Waals surface area contributed by atoms with Crippen molar-refractivity contribution >= 4 is 17.9 Å². The second-order valence-corrected chi connectivity index (χ2v) is 12.0. The van der Waals surface area contributed by atoms with Crippen molar-refractivity contribution in [3.05, 3.63) is 101 Å². The van der Waals surface area contributed by atoms with Crippen LogP contribution in [0.1, 0.15) is 79.4 Å². The fourth-order valence-corrected chi connectivity index (χ4v) is 4.06. The second-order valence-electron chi connectivity index (χ2n) is 12.0. The highest BCUT2D eigenvalue weighted by molar-refractivity contribution is 5.91. The number of carbonyl (C=O) groups excluding carboxylic acids is 3. The largest absolute Gasteiger partial charge is 0.491 e. The van der Waals surface area contributed by atoms with Gasteiger partial charge in [0.25, 0.3) is 0 Å². The van der Waals surface area contributed by atoms with E-state index in [2.05, 4.69) is 34.9 Å². The van der Waals surface area contributed by atoms with Crippen molar-refractivity contribution in [2.45, 2.75) is 71.2 Å². The number of carbonyl (C=O) groups is 3. The van der Waals surface area contributed by atoms with Gasteiger partial charge in [0.1, 0.15) is 49.7 Å². The Morgan fingerprint density at radius 2 is 1.20 bits per heavy atom. The molecule has 12 heteroatoms. The van der Waals surface area contributed by atoms with Crippen molar-refractivity contribution in [3.8, 4) is 11.5 Å². The van der Waals surface area contributed by atoms with E-state index in [9.17, 15) is 24.6 Å². The van der Waals surface area contributed by atoms with Crippen molar-refractivity contribution in [1.29, 1.82) is 0 Å². The number of benzene rings is 2. The highest BCUT2D eigenvalue weighted by Gasteiger charge is 2.23. The topological polar surface area (TPSA) is 171 Å². The molecule has 3 rings (SSSR count). The van der Waals surface area contributed by atoms with Crippen LogP contribution in [-0.2, 0) is 24.4 Å².